The number of methoxy groups -OCH3 is 1. The average molecular weight is 454 g/mol. The second-order valence-electron chi connectivity index (χ2n) is 7.62. The molecule has 4 rings (SSSR count). The highest BCUT2D eigenvalue weighted by Crippen LogP contribution is 2.36. The molecule has 10 heteroatoms. The van der Waals surface area contributed by atoms with E-state index in [-0.39, 0.29) is 12.5 Å². The van der Waals surface area contributed by atoms with Crippen LogP contribution in [0.1, 0.15) is 29.1 Å². The third kappa shape index (κ3) is 4.55. The number of esters is 1. The van der Waals surface area contributed by atoms with Crippen LogP contribution in [0, 0.1) is 5.92 Å². The zero-order valence-electron chi connectivity index (χ0n) is 18.5. The average Bonchev–Trinajstić information content (AvgIpc) is 3.38. The Hall–Kier alpha value is -3.82. The lowest BCUT2D eigenvalue weighted by atomic mass is 9.90. The predicted octanol–water partition coefficient (Wildman–Crippen LogP) is 1.45. The first-order valence-corrected chi connectivity index (χ1v) is 10.8. The van der Waals surface area contributed by atoms with Crippen molar-refractivity contribution in [2.45, 2.75) is 13.0 Å². The minimum absolute atomic E-state index is 0.156. The number of rotatable bonds is 5. The number of nitrogens with zero attached hydrogens (tertiary/aromatic N) is 3. The van der Waals surface area contributed by atoms with Gasteiger partial charge in [0.15, 0.2) is 11.7 Å². The molecule has 0 aliphatic carbocycles. The molecule has 2 atom stereocenters. The van der Waals surface area contributed by atoms with Crippen LogP contribution in [0.3, 0.4) is 0 Å². The monoisotopic (exact) mass is 454 g/mol. The van der Waals surface area contributed by atoms with Gasteiger partial charge in [0.1, 0.15) is 11.8 Å². The van der Waals surface area contributed by atoms with E-state index in [1.807, 2.05) is 11.0 Å². The minimum atomic E-state index is -1.13. The van der Waals surface area contributed by atoms with E-state index in [0.29, 0.717) is 49.2 Å². The Morgan fingerprint density at radius 1 is 1.15 bits per heavy atom. The van der Waals surface area contributed by atoms with Crippen LogP contribution < -0.4 is 10.1 Å². The fraction of sp³-hybridized carbons (Fsp3) is 0.391. The van der Waals surface area contributed by atoms with E-state index in [2.05, 4.69) is 5.32 Å². The van der Waals surface area contributed by atoms with Crippen molar-refractivity contribution in [3.05, 3.63) is 54.0 Å². The molecule has 3 heterocycles. The second kappa shape index (κ2) is 9.76. The van der Waals surface area contributed by atoms with Crippen LogP contribution in [0.2, 0.25) is 0 Å². The minimum Gasteiger partial charge on any atom is -0.496 e. The molecular formula is C23H26N4O6. The van der Waals surface area contributed by atoms with Gasteiger partial charge in [-0.05, 0) is 25.1 Å². The smallest absolute Gasteiger partial charge is 0.321 e. The van der Waals surface area contributed by atoms with Crippen LogP contribution in [-0.4, -0.2) is 73.4 Å². The van der Waals surface area contributed by atoms with E-state index in [9.17, 15) is 14.4 Å². The van der Waals surface area contributed by atoms with Crippen molar-refractivity contribution in [2.24, 2.45) is 10.9 Å². The van der Waals surface area contributed by atoms with Crippen LogP contribution in [0.25, 0.3) is 0 Å². The number of guanidine groups is 1. The Kier molecular flexibility index (Phi) is 6.62. The van der Waals surface area contributed by atoms with Crippen LogP contribution >= 0.6 is 0 Å². The number of hydrogen-bond donors (Lipinski definition) is 1. The normalized spacial score (nSPS) is 20.7. The summed E-state index contributed by atoms with van der Waals surface area (Å²) in [5.74, 6) is -1.24. The van der Waals surface area contributed by atoms with Gasteiger partial charge in [0.05, 0.1) is 20.0 Å². The molecule has 1 saturated heterocycles. The Morgan fingerprint density at radius 2 is 1.91 bits per heavy atom. The summed E-state index contributed by atoms with van der Waals surface area (Å²) in [5, 5.41) is 2.76. The lowest BCUT2D eigenvalue weighted by molar-refractivity contribution is -0.153. The second-order valence-corrected chi connectivity index (χ2v) is 7.62. The molecule has 2 aromatic rings. The highest BCUT2D eigenvalue weighted by atomic mass is 16.5. The topological polar surface area (TPSA) is 114 Å². The first-order chi connectivity index (χ1) is 16.0. The summed E-state index contributed by atoms with van der Waals surface area (Å²) in [6, 6.07) is 9.67. The third-order valence-electron chi connectivity index (χ3n) is 5.69. The molecule has 1 aromatic carbocycles. The SMILES string of the molecule is CCOC(=O)[C@@H]1C(=O)NC(N2CCN(C(=O)c3ccco3)CC2)=N[C@@H]1c1ccccc1OC. The summed E-state index contributed by atoms with van der Waals surface area (Å²) in [6.45, 7) is 3.66. The van der Waals surface area contributed by atoms with Gasteiger partial charge in [0, 0.05) is 31.7 Å². The zero-order valence-corrected chi connectivity index (χ0v) is 18.5. The van der Waals surface area contributed by atoms with Crippen LogP contribution in [0.15, 0.2) is 52.1 Å². The number of furan rings is 1. The van der Waals surface area contributed by atoms with Crippen molar-refractivity contribution in [1.82, 2.24) is 15.1 Å². The largest absolute Gasteiger partial charge is 0.496 e. The fourth-order valence-corrected chi connectivity index (χ4v) is 4.04. The van der Waals surface area contributed by atoms with Crippen LogP contribution in [-0.2, 0) is 14.3 Å². The van der Waals surface area contributed by atoms with Crippen LogP contribution in [0.5, 0.6) is 5.75 Å². The quantitative estimate of drug-likeness (QED) is 0.537. The molecule has 1 fully saturated rings. The van der Waals surface area contributed by atoms with Crippen molar-refractivity contribution in [1.29, 1.82) is 0 Å². The molecule has 2 amide bonds. The van der Waals surface area contributed by atoms with Crippen molar-refractivity contribution in [3.63, 3.8) is 0 Å². The van der Waals surface area contributed by atoms with Gasteiger partial charge in [-0.1, -0.05) is 18.2 Å². The molecule has 33 heavy (non-hydrogen) atoms. The van der Waals surface area contributed by atoms with E-state index in [1.54, 1.807) is 42.2 Å². The molecule has 0 saturated carbocycles. The fourth-order valence-electron chi connectivity index (χ4n) is 4.04. The molecular weight excluding hydrogens is 428 g/mol. The van der Waals surface area contributed by atoms with Crippen molar-refractivity contribution in [3.8, 4) is 5.75 Å². The molecule has 174 valence electrons. The van der Waals surface area contributed by atoms with E-state index >= 15 is 0 Å². The van der Waals surface area contributed by atoms with E-state index in [4.69, 9.17) is 18.9 Å². The number of para-hydroxylation sites is 1. The van der Waals surface area contributed by atoms with E-state index < -0.39 is 23.8 Å². The number of ether oxygens (including phenoxy) is 2. The number of carbonyl (C=O) groups excluding carboxylic acids is 3. The first-order valence-electron chi connectivity index (χ1n) is 10.8. The third-order valence-corrected chi connectivity index (χ3v) is 5.69. The molecule has 0 spiro atoms. The van der Waals surface area contributed by atoms with Gasteiger partial charge < -0.3 is 23.7 Å². The maximum Gasteiger partial charge on any atom is 0.321 e. The number of nitrogens with one attached hydrogen (secondary N) is 1. The van der Waals surface area contributed by atoms with Gasteiger partial charge in [-0.25, -0.2) is 4.99 Å². The number of piperazine rings is 1. The molecule has 0 bridgehead atoms. The summed E-state index contributed by atoms with van der Waals surface area (Å²) in [7, 11) is 1.53. The highest BCUT2D eigenvalue weighted by Gasteiger charge is 2.43. The molecule has 2 aliphatic rings. The van der Waals surface area contributed by atoms with Crippen molar-refractivity contribution in [2.75, 3.05) is 39.9 Å². The molecule has 0 unspecified atom stereocenters. The van der Waals surface area contributed by atoms with Gasteiger partial charge >= 0.3 is 5.97 Å². The molecule has 2 aliphatic heterocycles. The lowest BCUT2D eigenvalue weighted by Gasteiger charge is -2.38. The van der Waals surface area contributed by atoms with Gasteiger partial charge in [-0.3, -0.25) is 19.7 Å². The Balaban J connectivity index is 1.58. The number of amides is 2. The van der Waals surface area contributed by atoms with Crippen LogP contribution in [0.4, 0.5) is 0 Å². The molecule has 10 nitrogen and oxygen atoms in total. The van der Waals surface area contributed by atoms with Gasteiger partial charge in [0.2, 0.25) is 11.9 Å². The summed E-state index contributed by atoms with van der Waals surface area (Å²) in [6.07, 6.45) is 1.47. The Labute approximate surface area is 191 Å². The lowest BCUT2D eigenvalue weighted by Crippen LogP contribution is -2.58. The van der Waals surface area contributed by atoms with Gasteiger partial charge in [0.25, 0.3) is 5.91 Å². The number of benzene rings is 1. The van der Waals surface area contributed by atoms with E-state index in [1.165, 1.54) is 13.4 Å². The number of carbonyl (C=O) groups is 3. The van der Waals surface area contributed by atoms with Crippen molar-refractivity contribution < 1.29 is 28.3 Å². The molecule has 1 N–H and O–H groups in total. The summed E-state index contributed by atoms with van der Waals surface area (Å²) in [5.41, 5.74) is 0.622. The van der Waals surface area contributed by atoms with E-state index in [0.717, 1.165) is 0 Å². The Bertz CT molecular complexity index is 1040. The van der Waals surface area contributed by atoms with Crippen molar-refractivity contribution >= 4 is 23.7 Å². The zero-order chi connectivity index (χ0) is 23.4. The molecule has 1 aromatic heterocycles. The Morgan fingerprint density at radius 3 is 2.58 bits per heavy atom. The predicted molar refractivity (Wildman–Crippen MR) is 118 cm³/mol. The first kappa shape index (κ1) is 22.4. The summed E-state index contributed by atoms with van der Waals surface area (Å²) >= 11 is 0. The maximum atomic E-state index is 13.0. The summed E-state index contributed by atoms with van der Waals surface area (Å²) < 4.78 is 15.8. The molecule has 0 radical (unpaired) electrons. The highest BCUT2D eigenvalue weighted by molar-refractivity contribution is 6.08. The summed E-state index contributed by atoms with van der Waals surface area (Å²) in [4.78, 5) is 46.6. The van der Waals surface area contributed by atoms with Gasteiger partial charge in [-0.15, -0.1) is 0 Å². The maximum absolute atomic E-state index is 13.0. The number of aliphatic imine (C=N–C) groups is 1. The standard InChI is InChI=1S/C23H26N4O6/c1-3-32-22(30)18-19(15-7-4-5-8-16(15)31-2)24-23(25-20(18)28)27-12-10-26(11-13-27)21(29)17-9-6-14-33-17/h4-9,14,18-19H,3,10-13H2,1-2H3,(H,24,25,28)/t18-,19+/m0/s1. The number of hydrogen-bond acceptors (Lipinski definition) is 8. The van der Waals surface area contributed by atoms with Gasteiger partial charge in [-0.2, -0.15) is 0 Å².